The maximum Gasteiger partial charge on any atom is 0.321 e. The number of imidazole rings is 1. The molecular weight excluding hydrogens is 290 g/mol. The lowest BCUT2D eigenvalue weighted by molar-refractivity contribution is 0.0388. The lowest BCUT2D eigenvalue weighted by Crippen LogP contribution is -2.42. The maximum atomic E-state index is 11.8. The normalized spacial score (nSPS) is 15.8. The van der Waals surface area contributed by atoms with E-state index < -0.39 is 6.03 Å². The highest BCUT2D eigenvalue weighted by Crippen LogP contribution is 2.02. The molecule has 4 N–H and O–H groups in total. The lowest BCUT2D eigenvalue weighted by atomic mass is 10.4. The molecule has 1 aliphatic rings. The van der Waals surface area contributed by atoms with Gasteiger partial charge in [-0.25, -0.2) is 9.78 Å². The third-order valence-corrected chi connectivity index (χ3v) is 3.35. The summed E-state index contributed by atoms with van der Waals surface area (Å²) in [5, 5.41) is 5.21. The number of anilines is 1. The van der Waals surface area contributed by atoms with Gasteiger partial charge in [0.05, 0.1) is 19.5 Å². The first-order valence-electron chi connectivity index (χ1n) is 7.01. The van der Waals surface area contributed by atoms with Crippen LogP contribution in [0.5, 0.6) is 0 Å². The number of fused-ring (bicyclic) bond motifs is 1. The summed E-state index contributed by atoms with van der Waals surface area (Å²) >= 11 is 0. The van der Waals surface area contributed by atoms with Crippen molar-refractivity contribution >= 4 is 23.1 Å². The summed E-state index contributed by atoms with van der Waals surface area (Å²) in [6, 6.07) is -0.425. The van der Waals surface area contributed by atoms with E-state index in [1.165, 1.54) is 6.33 Å². The van der Waals surface area contributed by atoms with Crippen LogP contribution >= 0.6 is 0 Å². The molecule has 1 fully saturated rings. The number of morpholine rings is 1. The van der Waals surface area contributed by atoms with Crippen molar-refractivity contribution in [3.05, 3.63) is 16.7 Å². The van der Waals surface area contributed by atoms with Crippen LogP contribution in [-0.4, -0.2) is 70.3 Å². The summed E-state index contributed by atoms with van der Waals surface area (Å²) in [6.45, 7) is 4.43. The van der Waals surface area contributed by atoms with Crippen molar-refractivity contribution in [2.24, 2.45) is 0 Å². The van der Waals surface area contributed by atoms with Crippen LogP contribution in [0, 0.1) is 0 Å². The number of nitrogens with zero attached hydrogens (tertiary/aromatic N) is 3. The molecule has 10 nitrogen and oxygen atoms in total. The molecular formula is C12H17N7O3. The fraction of sp³-hybridized carbons (Fsp3) is 0.500. The number of hydrogen-bond acceptors (Lipinski definition) is 6. The van der Waals surface area contributed by atoms with Gasteiger partial charge in [-0.2, -0.15) is 4.98 Å². The predicted molar refractivity (Wildman–Crippen MR) is 78.8 cm³/mol. The first-order valence-corrected chi connectivity index (χ1v) is 7.01. The van der Waals surface area contributed by atoms with Crippen molar-refractivity contribution in [1.82, 2.24) is 30.2 Å². The van der Waals surface area contributed by atoms with Crippen molar-refractivity contribution in [2.75, 3.05) is 44.7 Å². The van der Waals surface area contributed by atoms with Gasteiger partial charge in [-0.1, -0.05) is 0 Å². The fourth-order valence-electron chi connectivity index (χ4n) is 2.21. The van der Waals surface area contributed by atoms with E-state index in [1.54, 1.807) is 0 Å². The first-order chi connectivity index (χ1) is 10.7. The first kappa shape index (κ1) is 14.5. The molecule has 1 saturated heterocycles. The molecule has 1 aliphatic heterocycles. The van der Waals surface area contributed by atoms with Crippen molar-refractivity contribution < 1.29 is 9.53 Å². The summed E-state index contributed by atoms with van der Waals surface area (Å²) < 4.78 is 5.25. The number of carbonyl (C=O) groups is 1. The minimum Gasteiger partial charge on any atom is -0.379 e. The van der Waals surface area contributed by atoms with Gasteiger partial charge in [-0.05, 0) is 0 Å². The van der Waals surface area contributed by atoms with E-state index in [-0.39, 0.29) is 22.7 Å². The second kappa shape index (κ2) is 6.54. The second-order valence-electron chi connectivity index (χ2n) is 4.85. The van der Waals surface area contributed by atoms with Crippen LogP contribution in [0.1, 0.15) is 0 Å². The van der Waals surface area contributed by atoms with E-state index in [4.69, 9.17) is 4.74 Å². The zero-order valence-electron chi connectivity index (χ0n) is 11.9. The zero-order valence-corrected chi connectivity index (χ0v) is 11.9. The molecule has 2 aromatic rings. The smallest absolute Gasteiger partial charge is 0.321 e. The summed E-state index contributed by atoms with van der Waals surface area (Å²) in [7, 11) is 0. The molecule has 0 aliphatic carbocycles. The molecule has 0 atom stereocenters. The van der Waals surface area contributed by atoms with E-state index in [0.717, 1.165) is 32.8 Å². The molecule has 3 rings (SSSR count). The van der Waals surface area contributed by atoms with Crippen LogP contribution in [0.25, 0.3) is 11.2 Å². The Hall–Kier alpha value is -2.46. The monoisotopic (exact) mass is 307 g/mol. The number of nitrogens with one attached hydrogen (secondary N) is 4. The Morgan fingerprint density at radius 1 is 1.41 bits per heavy atom. The van der Waals surface area contributed by atoms with E-state index in [9.17, 15) is 9.59 Å². The maximum absolute atomic E-state index is 11.8. The Labute approximate surface area is 125 Å². The molecule has 0 spiro atoms. The average molecular weight is 307 g/mol. The zero-order chi connectivity index (χ0) is 15.4. The molecule has 2 aromatic heterocycles. The van der Waals surface area contributed by atoms with E-state index in [1.807, 2.05) is 0 Å². The number of hydrogen-bond donors (Lipinski definition) is 4. The Morgan fingerprint density at radius 2 is 2.23 bits per heavy atom. The minimum absolute atomic E-state index is 0.0634. The summed E-state index contributed by atoms with van der Waals surface area (Å²) in [5.41, 5.74) is 0.150. The topological polar surface area (TPSA) is 128 Å². The van der Waals surface area contributed by atoms with Gasteiger partial charge in [0.2, 0.25) is 5.95 Å². The predicted octanol–water partition coefficient (Wildman–Crippen LogP) is -0.900. The van der Waals surface area contributed by atoms with Gasteiger partial charge in [0.15, 0.2) is 11.2 Å². The summed E-state index contributed by atoms with van der Waals surface area (Å²) in [4.78, 5) is 38.8. The van der Waals surface area contributed by atoms with Gasteiger partial charge < -0.3 is 15.0 Å². The van der Waals surface area contributed by atoms with Crippen molar-refractivity contribution in [2.45, 2.75) is 0 Å². The van der Waals surface area contributed by atoms with Gasteiger partial charge in [0.1, 0.15) is 0 Å². The SMILES string of the molecule is O=C(NCCN1CCOCC1)Nc1nc2nc[nH]c2c(=O)[nH]1. The third-order valence-electron chi connectivity index (χ3n) is 3.35. The van der Waals surface area contributed by atoms with Crippen LogP contribution in [-0.2, 0) is 4.74 Å². The molecule has 22 heavy (non-hydrogen) atoms. The Balaban J connectivity index is 1.51. The molecule has 0 aromatic carbocycles. The van der Waals surface area contributed by atoms with E-state index >= 15 is 0 Å². The van der Waals surface area contributed by atoms with E-state index in [2.05, 4.69) is 35.5 Å². The molecule has 0 saturated carbocycles. The van der Waals surface area contributed by atoms with Crippen molar-refractivity contribution in [3.8, 4) is 0 Å². The van der Waals surface area contributed by atoms with Crippen LogP contribution in [0.15, 0.2) is 11.1 Å². The average Bonchev–Trinajstić information content (AvgIpc) is 2.97. The highest BCUT2D eigenvalue weighted by molar-refractivity contribution is 5.88. The third kappa shape index (κ3) is 3.40. The lowest BCUT2D eigenvalue weighted by Gasteiger charge is -2.26. The van der Waals surface area contributed by atoms with E-state index in [0.29, 0.717) is 6.54 Å². The number of amides is 2. The highest BCUT2D eigenvalue weighted by atomic mass is 16.5. The number of ether oxygens (including phenoxy) is 1. The van der Waals surface area contributed by atoms with Crippen LogP contribution in [0.3, 0.4) is 0 Å². The molecule has 2 amide bonds. The van der Waals surface area contributed by atoms with Gasteiger partial charge in [-0.3, -0.25) is 20.0 Å². The van der Waals surface area contributed by atoms with Gasteiger partial charge in [0.25, 0.3) is 5.56 Å². The number of urea groups is 1. The standard InChI is InChI=1S/C12H17N7O3/c20-10-8-9(15-7-14-8)16-11(17-10)18-12(21)13-1-2-19-3-5-22-6-4-19/h7H,1-6H2,(H4,13,14,15,16,17,18,20,21). The molecule has 0 bridgehead atoms. The minimum atomic E-state index is -0.425. The second-order valence-corrected chi connectivity index (χ2v) is 4.85. The van der Waals surface area contributed by atoms with Crippen LogP contribution in [0.2, 0.25) is 0 Å². The Kier molecular flexibility index (Phi) is 4.30. The molecule has 0 radical (unpaired) electrons. The highest BCUT2D eigenvalue weighted by Gasteiger charge is 2.11. The van der Waals surface area contributed by atoms with Crippen LogP contribution < -0.4 is 16.2 Å². The molecule has 3 heterocycles. The summed E-state index contributed by atoms with van der Waals surface area (Å²) in [5.74, 6) is 0.0634. The number of carbonyl (C=O) groups excluding carboxylic acids is 1. The largest absolute Gasteiger partial charge is 0.379 e. The Bertz CT molecular complexity index is 704. The quantitative estimate of drug-likeness (QED) is 0.579. The van der Waals surface area contributed by atoms with Gasteiger partial charge >= 0.3 is 6.03 Å². The fourth-order valence-corrected chi connectivity index (χ4v) is 2.21. The van der Waals surface area contributed by atoms with Crippen LogP contribution in [0.4, 0.5) is 10.7 Å². The number of aromatic nitrogens is 4. The van der Waals surface area contributed by atoms with Crippen molar-refractivity contribution in [3.63, 3.8) is 0 Å². The number of H-pyrrole nitrogens is 2. The number of aromatic amines is 2. The number of rotatable bonds is 4. The molecule has 118 valence electrons. The van der Waals surface area contributed by atoms with Gasteiger partial charge in [-0.15, -0.1) is 0 Å². The molecule has 10 heteroatoms. The molecule has 0 unspecified atom stereocenters. The summed E-state index contributed by atoms with van der Waals surface area (Å²) in [6.07, 6.45) is 1.37. The van der Waals surface area contributed by atoms with Crippen molar-refractivity contribution in [1.29, 1.82) is 0 Å². The van der Waals surface area contributed by atoms with Gasteiger partial charge in [0, 0.05) is 26.2 Å². The Morgan fingerprint density at radius 3 is 3.05 bits per heavy atom.